The van der Waals surface area contributed by atoms with Crippen LogP contribution < -0.4 is 10.6 Å². The quantitative estimate of drug-likeness (QED) is 0.860. The van der Waals surface area contributed by atoms with E-state index in [1.165, 1.54) is 0 Å². The molecule has 1 unspecified atom stereocenters. The molecule has 1 heterocycles. The first-order chi connectivity index (χ1) is 10.1. The summed E-state index contributed by atoms with van der Waals surface area (Å²) in [5, 5.41) is 5.88. The van der Waals surface area contributed by atoms with Crippen molar-refractivity contribution in [2.24, 2.45) is 0 Å². The number of nitrogens with zero attached hydrogens (tertiary/aromatic N) is 1. The molecule has 0 aromatic heterocycles. The summed E-state index contributed by atoms with van der Waals surface area (Å²) in [7, 11) is 1.90. The Labute approximate surface area is 129 Å². The third kappa shape index (κ3) is 4.27. The summed E-state index contributed by atoms with van der Waals surface area (Å²) in [4.78, 5) is 26.1. The molecular formula is C15H20ClN3O2. The summed E-state index contributed by atoms with van der Waals surface area (Å²) in [5.74, 6) is -0.738. The number of carbonyl (C=O) groups excluding carboxylic acids is 2. The van der Waals surface area contributed by atoms with Gasteiger partial charge in [0, 0.05) is 12.6 Å². The minimum atomic E-state index is -0.449. The van der Waals surface area contributed by atoms with Gasteiger partial charge in [-0.3, -0.25) is 19.8 Å². The molecule has 1 atom stereocenters. The van der Waals surface area contributed by atoms with Gasteiger partial charge in [0.25, 0.3) is 5.91 Å². The standard InChI is InChI=1S/C15H20ClN3O2/c1-17-9-11-5-4-8-19(11)10-14(20)18-15(21)12-6-2-3-7-13(12)16/h2-3,6-7,11,17H,4-5,8-10H2,1H3,(H,18,20,21). The number of likely N-dealkylation sites (N-methyl/N-ethyl adjacent to an activating group) is 1. The Morgan fingerprint density at radius 1 is 1.38 bits per heavy atom. The predicted molar refractivity (Wildman–Crippen MR) is 82.4 cm³/mol. The largest absolute Gasteiger partial charge is 0.318 e. The van der Waals surface area contributed by atoms with Gasteiger partial charge in [-0.1, -0.05) is 23.7 Å². The molecule has 1 aromatic carbocycles. The number of benzene rings is 1. The van der Waals surface area contributed by atoms with Crippen LogP contribution in [0.5, 0.6) is 0 Å². The normalized spacial score (nSPS) is 18.7. The molecule has 2 N–H and O–H groups in total. The molecule has 6 heteroatoms. The Morgan fingerprint density at radius 2 is 2.14 bits per heavy atom. The monoisotopic (exact) mass is 309 g/mol. The number of nitrogens with one attached hydrogen (secondary N) is 2. The molecule has 21 heavy (non-hydrogen) atoms. The van der Waals surface area contributed by atoms with Gasteiger partial charge in [0.2, 0.25) is 5.91 Å². The molecule has 5 nitrogen and oxygen atoms in total. The van der Waals surface area contributed by atoms with Crippen LogP contribution in [0.1, 0.15) is 23.2 Å². The van der Waals surface area contributed by atoms with Gasteiger partial charge in [-0.15, -0.1) is 0 Å². The molecule has 2 amide bonds. The summed E-state index contributed by atoms with van der Waals surface area (Å²) in [6, 6.07) is 7.05. The van der Waals surface area contributed by atoms with Crippen LogP contribution in [0.3, 0.4) is 0 Å². The van der Waals surface area contributed by atoms with Crippen molar-refractivity contribution in [3.8, 4) is 0 Å². The lowest BCUT2D eigenvalue weighted by atomic mass is 10.2. The van der Waals surface area contributed by atoms with Crippen LogP contribution in [-0.2, 0) is 4.79 Å². The molecular weight excluding hydrogens is 290 g/mol. The summed E-state index contributed by atoms with van der Waals surface area (Å²) in [5.41, 5.74) is 0.320. The van der Waals surface area contributed by atoms with Gasteiger partial charge >= 0.3 is 0 Å². The maximum Gasteiger partial charge on any atom is 0.259 e. The van der Waals surface area contributed by atoms with Crippen LogP contribution >= 0.6 is 11.6 Å². The molecule has 0 saturated carbocycles. The minimum Gasteiger partial charge on any atom is -0.318 e. The third-order valence-electron chi connectivity index (χ3n) is 3.66. The van der Waals surface area contributed by atoms with Crippen molar-refractivity contribution in [2.75, 3.05) is 26.7 Å². The van der Waals surface area contributed by atoms with Crippen molar-refractivity contribution in [3.05, 3.63) is 34.9 Å². The average Bonchev–Trinajstić information content (AvgIpc) is 2.86. The van der Waals surface area contributed by atoms with E-state index in [2.05, 4.69) is 15.5 Å². The number of halogens is 1. The van der Waals surface area contributed by atoms with Crippen LogP contribution in [0.25, 0.3) is 0 Å². The maximum atomic E-state index is 12.0. The van der Waals surface area contributed by atoms with E-state index in [1.807, 2.05) is 7.05 Å². The van der Waals surface area contributed by atoms with Crippen LogP contribution in [0.2, 0.25) is 5.02 Å². The van der Waals surface area contributed by atoms with Crippen molar-refractivity contribution < 1.29 is 9.59 Å². The fraction of sp³-hybridized carbons (Fsp3) is 0.467. The Hall–Kier alpha value is -1.43. The van der Waals surface area contributed by atoms with E-state index in [4.69, 9.17) is 11.6 Å². The topological polar surface area (TPSA) is 61.4 Å². The molecule has 1 aromatic rings. The second-order valence-corrected chi connectivity index (χ2v) is 5.59. The van der Waals surface area contributed by atoms with E-state index in [-0.39, 0.29) is 12.5 Å². The lowest BCUT2D eigenvalue weighted by Gasteiger charge is -2.23. The number of likely N-dealkylation sites (tertiary alicyclic amines) is 1. The summed E-state index contributed by atoms with van der Waals surface area (Å²) >= 11 is 5.95. The predicted octanol–water partition coefficient (Wildman–Crippen LogP) is 1.28. The first-order valence-corrected chi connectivity index (χ1v) is 7.47. The van der Waals surface area contributed by atoms with Crippen molar-refractivity contribution >= 4 is 23.4 Å². The van der Waals surface area contributed by atoms with Crippen LogP contribution in [0.4, 0.5) is 0 Å². The smallest absolute Gasteiger partial charge is 0.259 e. The highest BCUT2D eigenvalue weighted by atomic mass is 35.5. The van der Waals surface area contributed by atoms with Gasteiger partial charge in [0.15, 0.2) is 0 Å². The number of carbonyl (C=O) groups is 2. The highest BCUT2D eigenvalue weighted by molar-refractivity contribution is 6.34. The van der Waals surface area contributed by atoms with E-state index >= 15 is 0 Å². The highest BCUT2D eigenvalue weighted by Crippen LogP contribution is 2.16. The molecule has 1 saturated heterocycles. The Kier molecular flexibility index (Phi) is 5.73. The Bertz CT molecular complexity index is 521. The second-order valence-electron chi connectivity index (χ2n) is 5.18. The molecule has 0 spiro atoms. The molecule has 1 aliphatic rings. The maximum absolute atomic E-state index is 12.0. The number of amides is 2. The zero-order valence-electron chi connectivity index (χ0n) is 12.1. The molecule has 1 fully saturated rings. The van der Waals surface area contributed by atoms with Gasteiger partial charge in [-0.05, 0) is 38.6 Å². The van der Waals surface area contributed by atoms with E-state index in [9.17, 15) is 9.59 Å². The molecule has 2 rings (SSSR count). The van der Waals surface area contributed by atoms with Gasteiger partial charge < -0.3 is 5.32 Å². The van der Waals surface area contributed by atoms with Gasteiger partial charge in [0.1, 0.15) is 0 Å². The number of imide groups is 1. The fourth-order valence-electron chi connectivity index (χ4n) is 2.63. The van der Waals surface area contributed by atoms with Crippen molar-refractivity contribution in [3.63, 3.8) is 0 Å². The van der Waals surface area contributed by atoms with Gasteiger partial charge in [-0.2, -0.15) is 0 Å². The Balaban J connectivity index is 1.90. The van der Waals surface area contributed by atoms with E-state index in [0.29, 0.717) is 16.6 Å². The fourth-order valence-corrected chi connectivity index (χ4v) is 2.85. The van der Waals surface area contributed by atoms with Crippen LogP contribution in [0, 0.1) is 0 Å². The number of hydrogen-bond donors (Lipinski definition) is 2. The third-order valence-corrected chi connectivity index (χ3v) is 3.99. The van der Waals surface area contributed by atoms with Crippen molar-refractivity contribution in [2.45, 2.75) is 18.9 Å². The first kappa shape index (κ1) is 15.9. The van der Waals surface area contributed by atoms with Crippen LogP contribution in [-0.4, -0.2) is 49.4 Å². The zero-order chi connectivity index (χ0) is 15.2. The Morgan fingerprint density at radius 3 is 2.86 bits per heavy atom. The molecule has 114 valence electrons. The summed E-state index contributed by atoms with van der Waals surface area (Å²) < 4.78 is 0. The molecule has 0 radical (unpaired) electrons. The van der Waals surface area contributed by atoms with Gasteiger partial charge in [0.05, 0.1) is 17.1 Å². The van der Waals surface area contributed by atoms with Crippen LogP contribution in [0.15, 0.2) is 24.3 Å². The molecule has 1 aliphatic heterocycles. The van der Waals surface area contributed by atoms with Crippen molar-refractivity contribution in [1.29, 1.82) is 0 Å². The first-order valence-electron chi connectivity index (χ1n) is 7.09. The molecule has 0 bridgehead atoms. The van der Waals surface area contributed by atoms with Crippen molar-refractivity contribution in [1.82, 2.24) is 15.5 Å². The minimum absolute atomic E-state index is 0.239. The average molecular weight is 310 g/mol. The summed E-state index contributed by atoms with van der Waals surface area (Å²) in [6.07, 6.45) is 2.16. The molecule has 0 aliphatic carbocycles. The SMILES string of the molecule is CNCC1CCCN1CC(=O)NC(=O)c1ccccc1Cl. The zero-order valence-corrected chi connectivity index (χ0v) is 12.8. The lowest BCUT2D eigenvalue weighted by Crippen LogP contribution is -2.44. The lowest BCUT2D eigenvalue weighted by molar-refractivity contribution is -0.121. The highest BCUT2D eigenvalue weighted by Gasteiger charge is 2.26. The second kappa shape index (κ2) is 7.54. The van der Waals surface area contributed by atoms with E-state index in [0.717, 1.165) is 25.9 Å². The van der Waals surface area contributed by atoms with E-state index in [1.54, 1.807) is 24.3 Å². The van der Waals surface area contributed by atoms with E-state index < -0.39 is 5.91 Å². The number of rotatable bonds is 5. The summed E-state index contributed by atoms with van der Waals surface area (Å²) in [6.45, 7) is 1.98. The van der Waals surface area contributed by atoms with Gasteiger partial charge in [-0.25, -0.2) is 0 Å². The number of hydrogen-bond acceptors (Lipinski definition) is 4.